The zero-order valence-corrected chi connectivity index (χ0v) is 21.6. The lowest BCUT2D eigenvalue weighted by Crippen LogP contribution is -2.26. The second-order valence-corrected chi connectivity index (χ2v) is 8.71. The van der Waals surface area contributed by atoms with Gasteiger partial charge in [0, 0.05) is 25.1 Å². The molecule has 2 aromatic carbocycles. The predicted octanol–water partition coefficient (Wildman–Crippen LogP) is 5.79. The Hall–Kier alpha value is -3.22. The minimum Gasteiger partial charge on any atom is -0.493 e. The summed E-state index contributed by atoms with van der Waals surface area (Å²) >= 11 is 0. The molecular weight excluding hydrogens is 442 g/mol. The van der Waals surface area contributed by atoms with E-state index in [2.05, 4.69) is 35.0 Å². The molecule has 1 aromatic heterocycles. The first-order chi connectivity index (χ1) is 17.1. The molecule has 0 unspecified atom stereocenters. The lowest BCUT2D eigenvalue weighted by atomic mass is 10.1. The van der Waals surface area contributed by atoms with Crippen molar-refractivity contribution in [2.45, 2.75) is 64.8 Å². The van der Waals surface area contributed by atoms with Gasteiger partial charge in [-0.1, -0.05) is 57.6 Å². The predicted molar refractivity (Wildman–Crippen MR) is 140 cm³/mol. The fraction of sp³-hybridized carbons (Fsp3) is 0.500. The van der Waals surface area contributed by atoms with Crippen molar-refractivity contribution in [3.63, 3.8) is 0 Å². The lowest BCUT2D eigenvalue weighted by Gasteiger charge is -2.14. The van der Waals surface area contributed by atoms with Crippen molar-refractivity contribution in [1.29, 1.82) is 0 Å². The van der Waals surface area contributed by atoms with Crippen LogP contribution in [0.25, 0.3) is 11.0 Å². The second kappa shape index (κ2) is 13.6. The highest BCUT2D eigenvalue weighted by molar-refractivity contribution is 5.95. The van der Waals surface area contributed by atoms with E-state index in [0.717, 1.165) is 29.8 Å². The molecule has 0 spiro atoms. The summed E-state index contributed by atoms with van der Waals surface area (Å²) in [5, 5.41) is 3.01. The fourth-order valence-corrected chi connectivity index (χ4v) is 4.39. The average molecular weight is 482 g/mol. The highest BCUT2D eigenvalue weighted by Gasteiger charge is 2.17. The Balaban J connectivity index is 1.63. The first-order valence-electron chi connectivity index (χ1n) is 12.6. The molecule has 0 aliphatic heterocycles. The van der Waals surface area contributed by atoms with E-state index in [0.29, 0.717) is 35.8 Å². The number of benzene rings is 2. The number of para-hydroxylation sites is 2. The van der Waals surface area contributed by atoms with Gasteiger partial charge in [-0.2, -0.15) is 0 Å². The molecule has 1 heterocycles. The number of nitrogens with zero attached hydrogens (tertiary/aromatic N) is 2. The number of ether oxygens (including phenoxy) is 3. The van der Waals surface area contributed by atoms with Gasteiger partial charge in [0.05, 0.1) is 32.4 Å². The number of rotatable bonds is 15. The van der Waals surface area contributed by atoms with Crippen molar-refractivity contribution in [3.8, 4) is 17.2 Å². The molecule has 0 fully saturated rings. The quantitative estimate of drug-likeness (QED) is 0.278. The monoisotopic (exact) mass is 481 g/mol. The van der Waals surface area contributed by atoms with Gasteiger partial charge < -0.3 is 24.1 Å². The number of hydrogen-bond donors (Lipinski definition) is 1. The van der Waals surface area contributed by atoms with E-state index in [9.17, 15) is 4.79 Å². The maximum absolute atomic E-state index is 12.9. The molecule has 0 saturated heterocycles. The summed E-state index contributed by atoms with van der Waals surface area (Å²) in [6.45, 7) is 3.68. The van der Waals surface area contributed by atoms with E-state index in [1.54, 1.807) is 19.2 Å². The zero-order chi connectivity index (χ0) is 25.0. The molecule has 0 radical (unpaired) electrons. The largest absolute Gasteiger partial charge is 0.493 e. The third kappa shape index (κ3) is 6.90. The number of carbonyl (C=O) groups is 1. The van der Waals surface area contributed by atoms with Crippen LogP contribution in [-0.2, 0) is 13.0 Å². The van der Waals surface area contributed by atoms with Crippen molar-refractivity contribution in [3.05, 3.63) is 47.8 Å². The molecule has 190 valence electrons. The molecule has 0 aliphatic rings. The molecule has 0 atom stereocenters. The standard InChI is InChI=1S/C28H39N3O4/c1-5-6-7-8-9-10-13-18-31-23-15-12-11-14-22(23)30-26(31)16-17-29-28(32)21-19-24(33-2)27(35-4)25(20-21)34-3/h11-12,14-15,19-20H,5-10,13,16-18H2,1-4H3,(H,29,32). The van der Waals surface area contributed by atoms with Crippen molar-refractivity contribution in [1.82, 2.24) is 14.9 Å². The number of imidazole rings is 1. The zero-order valence-electron chi connectivity index (χ0n) is 21.6. The summed E-state index contributed by atoms with van der Waals surface area (Å²) in [4.78, 5) is 17.7. The number of nitrogens with one attached hydrogen (secondary N) is 1. The molecule has 1 amide bonds. The second-order valence-electron chi connectivity index (χ2n) is 8.71. The van der Waals surface area contributed by atoms with Gasteiger partial charge in [0.25, 0.3) is 5.91 Å². The summed E-state index contributed by atoms with van der Waals surface area (Å²) in [5.74, 6) is 2.17. The SMILES string of the molecule is CCCCCCCCCn1c(CCNC(=O)c2cc(OC)c(OC)c(OC)c2)nc2ccccc21. The number of aromatic nitrogens is 2. The number of carbonyl (C=O) groups excluding carboxylic acids is 1. The van der Waals surface area contributed by atoms with Crippen LogP contribution in [0.5, 0.6) is 17.2 Å². The van der Waals surface area contributed by atoms with E-state index < -0.39 is 0 Å². The maximum Gasteiger partial charge on any atom is 0.251 e. The number of amides is 1. The molecule has 3 rings (SSSR count). The van der Waals surface area contributed by atoms with Gasteiger partial charge in [0.2, 0.25) is 5.75 Å². The Labute approximate surface area is 208 Å². The van der Waals surface area contributed by atoms with E-state index in [-0.39, 0.29) is 5.91 Å². The van der Waals surface area contributed by atoms with Crippen LogP contribution < -0.4 is 19.5 Å². The fourth-order valence-electron chi connectivity index (χ4n) is 4.39. The molecule has 0 bridgehead atoms. The van der Waals surface area contributed by atoms with Gasteiger partial charge in [-0.05, 0) is 30.7 Å². The van der Waals surface area contributed by atoms with E-state index in [1.165, 1.54) is 52.7 Å². The van der Waals surface area contributed by atoms with Crippen LogP contribution in [0, 0.1) is 0 Å². The smallest absolute Gasteiger partial charge is 0.251 e. The number of aryl methyl sites for hydroxylation is 1. The summed E-state index contributed by atoms with van der Waals surface area (Å²) in [7, 11) is 4.61. The van der Waals surface area contributed by atoms with Gasteiger partial charge in [-0.3, -0.25) is 4.79 Å². The van der Waals surface area contributed by atoms with Gasteiger partial charge >= 0.3 is 0 Å². The minimum atomic E-state index is -0.195. The Morgan fingerprint density at radius 3 is 2.23 bits per heavy atom. The third-order valence-corrected chi connectivity index (χ3v) is 6.28. The van der Waals surface area contributed by atoms with Crippen molar-refractivity contribution in [2.24, 2.45) is 0 Å². The molecule has 0 saturated carbocycles. The van der Waals surface area contributed by atoms with Gasteiger partial charge in [-0.25, -0.2) is 4.98 Å². The van der Waals surface area contributed by atoms with Crippen LogP contribution in [0.1, 0.15) is 68.1 Å². The molecule has 0 aliphatic carbocycles. The van der Waals surface area contributed by atoms with E-state index in [4.69, 9.17) is 19.2 Å². The summed E-state index contributed by atoms with van der Waals surface area (Å²) in [6.07, 6.45) is 9.57. The Bertz CT molecular complexity index is 1070. The summed E-state index contributed by atoms with van der Waals surface area (Å²) in [6, 6.07) is 11.6. The van der Waals surface area contributed by atoms with Crippen LogP contribution in [0.15, 0.2) is 36.4 Å². The molecule has 7 nitrogen and oxygen atoms in total. The Kier molecular flexibility index (Phi) is 10.3. The number of unbranched alkanes of at least 4 members (excludes halogenated alkanes) is 6. The number of methoxy groups -OCH3 is 3. The number of hydrogen-bond acceptors (Lipinski definition) is 5. The minimum absolute atomic E-state index is 0.195. The Morgan fingerprint density at radius 2 is 1.57 bits per heavy atom. The Morgan fingerprint density at radius 1 is 0.914 bits per heavy atom. The van der Waals surface area contributed by atoms with Crippen molar-refractivity contribution >= 4 is 16.9 Å². The van der Waals surface area contributed by atoms with E-state index in [1.807, 2.05) is 6.07 Å². The molecule has 1 N–H and O–H groups in total. The highest BCUT2D eigenvalue weighted by Crippen LogP contribution is 2.38. The molecular formula is C28H39N3O4. The van der Waals surface area contributed by atoms with Gasteiger partial charge in [0.15, 0.2) is 11.5 Å². The topological polar surface area (TPSA) is 74.6 Å². The average Bonchev–Trinajstić information content (AvgIpc) is 3.24. The van der Waals surface area contributed by atoms with Crippen LogP contribution in [-0.4, -0.2) is 43.3 Å². The van der Waals surface area contributed by atoms with Gasteiger partial charge in [-0.15, -0.1) is 0 Å². The van der Waals surface area contributed by atoms with Crippen molar-refractivity contribution < 1.29 is 19.0 Å². The van der Waals surface area contributed by atoms with Gasteiger partial charge in [0.1, 0.15) is 5.82 Å². The summed E-state index contributed by atoms with van der Waals surface area (Å²) in [5.41, 5.74) is 2.61. The highest BCUT2D eigenvalue weighted by atomic mass is 16.5. The van der Waals surface area contributed by atoms with Crippen LogP contribution >= 0.6 is 0 Å². The first kappa shape index (κ1) is 26.4. The molecule has 3 aromatic rings. The summed E-state index contributed by atoms with van der Waals surface area (Å²) < 4.78 is 18.4. The van der Waals surface area contributed by atoms with Crippen LogP contribution in [0.4, 0.5) is 0 Å². The van der Waals surface area contributed by atoms with Crippen LogP contribution in [0.3, 0.4) is 0 Å². The molecule has 35 heavy (non-hydrogen) atoms. The maximum atomic E-state index is 12.9. The molecule has 7 heteroatoms. The van der Waals surface area contributed by atoms with Crippen LogP contribution in [0.2, 0.25) is 0 Å². The van der Waals surface area contributed by atoms with E-state index >= 15 is 0 Å². The number of fused-ring (bicyclic) bond motifs is 1. The lowest BCUT2D eigenvalue weighted by molar-refractivity contribution is 0.0953. The van der Waals surface area contributed by atoms with Crippen molar-refractivity contribution in [2.75, 3.05) is 27.9 Å². The third-order valence-electron chi connectivity index (χ3n) is 6.28. The first-order valence-corrected chi connectivity index (χ1v) is 12.6. The normalized spacial score (nSPS) is 11.0.